The number of amides is 1. The van der Waals surface area contributed by atoms with Crippen molar-refractivity contribution >= 4 is 15.9 Å². The summed E-state index contributed by atoms with van der Waals surface area (Å²) in [5, 5.41) is 2.61. The SMILES string of the molecule is CC(C)(N)CNC(=O)CCCNS(=O)(=O)c1cccc(C(F)(F)F)c1. The van der Waals surface area contributed by atoms with Gasteiger partial charge >= 0.3 is 6.18 Å². The molecular formula is C15H22F3N3O3S. The Bertz CT molecular complexity index is 698. The summed E-state index contributed by atoms with van der Waals surface area (Å²) in [5.74, 6) is -0.281. The Balaban J connectivity index is 2.53. The Morgan fingerprint density at radius 3 is 2.44 bits per heavy atom. The number of hydrogen-bond donors (Lipinski definition) is 3. The van der Waals surface area contributed by atoms with Gasteiger partial charge in [0.15, 0.2) is 0 Å². The highest BCUT2D eigenvalue weighted by Crippen LogP contribution is 2.30. The Morgan fingerprint density at radius 2 is 1.88 bits per heavy atom. The molecule has 0 spiro atoms. The number of hydrogen-bond acceptors (Lipinski definition) is 4. The number of rotatable bonds is 8. The molecule has 10 heteroatoms. The van der Waals surface area contributed by atoms with E-state index in [1.807, 2.05) is 0 Å². The number of alkyl halides is 3. The van der Waals surface area contributed by atoms with E-state index >= 15 is 0 Å². The molecule has 0 radical (unpaired) electrons. The number of carbonyl (C=O) groups is 1. The minimum Gasteiger partial charge on any atom is -0.354 e. The summed E-state index contributed by atoms with van der Waals surface area (Å²) in [5.41, 5.74) is 4.12. The highest BCUT2D eigenvalue weighted by atomic mass is 32.2. The average molecular weight is 381 g/mol. The van der Waals surface area contributed by atoms with E-state index in [9.17, 15) is 26.4 Å². The van der Waals surface area contributed by atoms with Crippen LogP contribution in [0.15, 0.2) is 29.2 Å². The number of sulfonamides is 1. The van der Waals surface area contributed by atoms with Gasteiger partial charge in [0, 0.05) is 25.0 Å². The fourth-order valence-corrected chi connectivity index (χ4v) is 2.91. The van der Waals surface area contributed by atoms with Crippen LogP contribution in [0.2, 0.25) is 0 Å². The number of benzene rings is 1. The lowest BCUT2D eigenvalue weighted by atomic mass is 10.1. The van der Waals surface area contributed by atoms with Crippen LogP contribution in [-0.4, -0.2) is 33.0 Å². The van der Waals surface area contributed by atoms with Crippen molar-refractivity contribution in [2.45, 2.75) is 43.3 Å². The first kappa shape index (κ1) is 21.4. The van der Waals surface area contributed by atoms with Crippen molar-refractivity contribution in [3.05, 3.63) is 29.8 Å². The minimum absolute atomic E-state index is 0.0706. The van der Waals surface area contributed by atoms with Gasteiger partial charge in [-0.25, -0.2) is 13.1 Å². The summed E-state index contributed by atoms with van der Waals surface area (Å²) in [6, 6.07) is 3.47. The van der Waals surface area contributed by atoms with E-state index in [1.54, 1.807) is 13.8 Å². The molecule has 0 heterocycles. The fraction of sp³-hybridized carbons (Fsp3) is 0.533. The molecule has 6 nitrogen and oxygen atoms in total. The lowest BCUT2D eigenvalue weighted by molar-refractivity contribution is -0.137. The second-order valence-electron chi connectivity index (χ2n) is 6.29. The summed E-state index contributed by atoms with van der Waals surface area (Å²) in [6.07, 6.45) is -4.35. The maximum absolute atomic E-state index is 12.6. The maximum atomic E-state index is 12.6. The first-order valence-electron chi connectivity index (χ1n) is 7.54. The van der Waals surface area contributed by atoms with Gasteiger partial charge in [0.1, 0.15) is 0 Å². The standard InChI is InChI=1S/C15H22F3N3O3S/c1-14(2,19)10-20-13(22)7-4-8-21-25(23,24)12-6-3-5-11(9-12)15(16,17)18/h3,5-6,9,21H,4,7-8,10,19H2,1-2H3,(H,20,22). The third kappa shape index (κ3) is 7.84. The van der Waals surface area contributed by atoms with Crippen molar-refractivity contribution in [1.29, 1.82) is 0 Å². The van der Waals surface area contributed by atoms with Crippen LogP contribution < -0.4 is 15.8 Å². The van der Waals surface area contributed by atoms with E-state index in [4.69, 9.17) is 5.73 Å². The van der Waals surface area contributed by atoms with Crippen LogP contribution in [0, 0.1) is 0 Å². The molecule has 0 unspecified atom stereocenters. The number of carbonyl (C=O) groups excluding carboxylic acids is 1. The number of halogens is 3. The lowest BCUT2D eigenvalue weighted by Gasteiger charge is -2.18. The largest absolute Gasteiger partial charge is 0.416 e. The molecule has 25 heavy (non-hydrogen) atoms. The summed E-state index contributed by atoms with van der Waals surface area (Å²) in [6.45, 7) is 3.70. The van der Waals surface area contributed by atoms with Crippen LogP contribution in [0.4, 0.5) is 13.2 Å². The molecule has 0 bridgehead atoms. The van der Waals surface area contributed by atoms with Gasteiger partial charge < -0.3 is 11.1 Å². The van der Waals surface area contributed by atoms with Crippen molar-refractivity contribution in [3.8, 4) is 0 Å². The minimum atomic E-state index is -4.62. The number of nitrogens with two attached hydrogens (primary N) is 1. The zero-order valence-electron chi connectivity index (χ0n) is 14.0. The quantitative estimate of drug-likeness (QED) is 0.596. The summed E-state index contributed by atoms with van der Waals surface area (Å²) >= 11 is 0. The fourth-order valence-electron chi connectivity index (χ4n) is 1.79. The second kappa shape index (κ2) is 8.15. The first-order chi connectivity index (χ1) is 11.3. The van der Waals surface area contributed by atoms with Crippen molar-refractivity contribution in [1.82, 2.24) is 10.0 Å². The van der Waals surface area contributed by atoms with Gasteiger partial charge in [0.25, 0.3) is 0 Å². The molecule has 1 aromatic carbocycles. The van der Waals surface area contributed by atoms with Gasteiger partial charge in [-0.1, -0.05) is 6.07 Å². The topological polar surface area (TPSA) is 101 Å². The number of nitrogens with one attached hydrogen (secondary N) is 2. The summed E-state index contributed by atoms with van der Waals surface area (Å²) in [4.78, 5) is 11.1. The first-order valence-corrected chi connectivity index (χ1v) is 9.02. The Labute approximate surface area is 145 Å². The molecule has 142 valence electrons. The molecule has 0 fully saturated rings. The van der Waals surface area contributed by atoms with E-state index in [0.29, 0.717) is 6.07 Å². The molecule has 0 aliphatic carbocycles. The Kier molecular flexibility index (Phi) is 6.98. The molecule has 1 rings (SSSR count). The van der Waals surface area contributed by atoms with Crippen LogP contribution in [0.5, 0.6) is 0 Å². The summed E-state index contributed by atoms with van der Waals surface area (Å²) in [7, 11) is -4.08. The molecule has 0 atom stereocenters. The van der Waals surface area contributed by atoms with E-state index in [1.165, 1.54) is 0 Å². The predicted molar refractivity (Wildman–Crippen MR) is 87.1 cm³/mol. The third-order valence-electron chi connectivity index (χ3n) is 3.09. The van der Waals surface area contributed by atoms with Gasteiger partial charge in [-0.15, -0.1) is 0 Å². The van der Waals surface area contributed by atoms with Crippen LogP contribution in [0.1, 0.15) is 32.3 Å². The molecule has 0 aromatic heterocycles. The zero-order chi connectivity index (χ0) is 19.3. The maximum Gasteiger partial charge on any atom is 0.416 e. The molecule has 0 aliphatic rings. The van der Waals surface area contributed by atoms with Crippen molar-refractivity contribution in [2.75, 3.05) is 13.1 Å². The van der Waals surface area contributed by atoms with Crippen molar-refractivity contribution in [3.63, 3.8) is 0 Å². The van der Waals surface area contributed by atoms with Crippen LogP contribution in [0.3, 0.4) is 0 Å². The smallest absolute Gasteiger partial charge is 0.354 e. The van der Waals surface area contributed by atoms with Crippen LogP contribution in [-0.2, 0) is 21.0 Å². The van der Waals surface area contributed by atoms with Crippen LogP contribution in [0.25, 0.3) is 0 Å². The van der Waals surface area contributed by atoms with Crippen LogP contribution >= 0.6 is 0 Å². The zero-order valence-corrected chi connectivity index (χ0v) is 14.8. The van der Waals surface area contributed by atoms with Gasteiger partial charge in [-0.2, -0.15) is 13.2 Å². The van der Waals surface area contributed by atoms with Gasteiger partial charge in [-0.05, 0) is 38.5 Å². The predicted octanol–water partition coefficient (Wildman–Crippen LogP) is 1.62. The highest BCUT2D eigenvalue weighted by molar-refractivity contribution is 7.89. The third-order valence-corrected chi connectivity index (χ3v) is 4.54. The highest BCUT2D eigenvalue weighted by Gasteiger charge is 2.31. The molecule has 0 saturated heterocycles. The Morgan fingerprint density at radius 1 is 1.24 bits per heavy atom. The van der Waals surface area contributed by atoms with E-state index in [2.05, 4.69) is 10.0 Å². The van der Waals surface area contributed by atoms with E-state index in [0.717, 1.165) is 18.2 Å². The molecule has 4 N–H and O–H groups in total. The molecule has 1 aromatic rings. The van der Waals surface area contributed by atoms with Gasteiger partial charge in [0.2, 0.25) is 15.9 Å². The second-order valence-corrected chi connectivity index (χ2v) is 8.06. The molecule has 0 aliphatic heterocycles. The van der Waals surface area contributed by atoms with Gasteiger partial charge in [-0.3, -0.25) is 4.79 Å². The lowest BCUT2D eigenvalue weighted by Crippen LogP contribution is -2.45. The van der Waals surface area contributed by atoms with Crippen molar-refractivity contribution in [2.24, 2.45) is 5.73 Å². The van der Waals surface area contributed by atoms with Crippen molar-refractivity contribution < 1.29 is 26.4 Å². The van der Waals surface area contributed by atoms with E-state index in [-0.39, 0.29) is 31.8 Å². The average Bonchev–Trinajstić information content (AvgIpc) is 2.48. The summed E-state index contributed by atoms with van der Waals surface area (Å²) < 4.78 is 64.1. The normalized spacial score (nSPS) is 12.9. The Hall–Kier alpha value is -1.65. The molecular weight excluding hydrogens is 359 g/mol. The monoisotopic (exact) mass is 381 g/mol. The van der Waals surface area contributed by atoms with E-state index < -0.39 is 32.2 Å². The molecule has 0 saturated carbocycles. The van der Waals surface area contributed by atoms with Gasteiger partial charge in [0.05, 0.1) is 10.5 Å². The molecule has 1 amide bonds.